The van der Waals surface area contributed by atoms with Gasteiger partial charge in [0.1, 0.15) is 5.75 Å². The molecule has 0 unspecified atom stereocenters. The van der Waals surface area contributed by atoms with Gasteiger partial charge in [-0.05, 0) is 12.1 Å². The first kappa shape index (κ1) is 14.1. The van der Waals surface area contributed by atoms with Crippen molar-refractivity contribution in [2.24, 2.45) is 0 Å². The summed E-state index contributed by atoms with van der Waals surface area (Å²) in [4.78, 5) is 1.17. The highest BCUT2D eigenvalue weighted by Crippen LogP contribution is 2.29. The maximum Gasteiger partial charge on any atom is 0.132 e. The summed E-state index contributed by atoms with van der Waals surface area (Å²) >= 11 is 1.77. The van der Waals surface area contributed by atoms with E-state index >= 15 is 0 Å². The molecule has 1 rings (SSSR count). The molecule has 0 saturated carbocycles. The second kappa shape index (κ2) is 7.41. The first-order valence-corrected chi connectivity index (χ1v) is 6.78. The first-order valence-electron chi connectivity index (χ1n) is 5.79. The Hall–Kier alpha value is -0.930. The van der Waals surface area contributed by atoms with Crippen LogP contribution in [0, 0.1) is 0 Å². The second-order valence-corrected chi connectivity index (χ2v) is 5.24. The number of methoxy groups -OCH3 is 1. The van der Waals surface area contributed by atoms with Gasteiger partial charge in [-0.2, -0.15) is 0 Å². The average Bonchev–Trinajstić information content (AvgIpc) is 2.34. The van der Waals surface area contributed by atoms with Crippen LogP contribution < -0.4 is 10.1 Å². The Bertz CT molecular complexity index is 363. The lowest BCUT2D eigenvalue weighted by Gasteiger charge is -2.11. The molecule has 1 aromatic carbocycles. The lowest BCUT2D eigenvalue weighted by molar-refractivity contribution is 0.405. The molecule has 0 aliphatic heterocycles. The number of thioether (sulfide) groups is 1. The molecule has 0 spiro atoms. The molecule has 0 amide bonds. The fraction of sp³-hybridized carbons (Fsp3) is 0.429. The van der Waals surface area contributed by atoms with E-state index in [2.05, 4.69) is 31.8 Å². The topological polar surface area (TPSA) is 21.3 Å². The van der Waals surface area contributed by atoms with Gasteiger partial charge in [0, 0.05) is 23.2 Å². The molecule has 0 heterocycles. The smallest absolute Gasteiger partial charge is 0.132 e. The Labute approximate surface area is 108 Å². The molecular weight excluding hydrogens is 230 g/mol. The van der Waals surface area contributed by atoms with Crippen LogP contribution in [0.5, 0.6) is 5.75 Å². The zero-order valence-electron chi connectivity index (χ0n) is 10.8. The number of rotatable bonds is 7. The van der Waals surface area contributed by atoms with Crippen LogP contribution in [-0.2, 0) is 0 Å². The van der Waals surface area contributed by atoms with Gasteiger partial charge in [0.2, 0.25) is 0 Å². The third-order valence-electron chi connectivity index (χ3n) is 2.26. The predicted octanol–water partition coefficient (Wildman–Crippen LogP) is 3.34. The van der Waals surface area contributed by atoms with Crippen LogP contribution in [0.1, 0.15) is 13.8 Å². The van der Waals surface area contributed by atoms with E-state index in [1.165, 1.54) is 10.5 Å². The van der Waals surface area contributed by atoms with E-state index in [-0.39, 0.29) is 0 Å². The Kier molecular flexibility index (Phi) is 6.16. The van der Waals surface area contributed by atoms with E-state index < -0.39 is 0 Å². The Morgan fingerprint density at radius 2 is 2.12 bits per heavy atom. The molecular formula is C14H21NOS. The molecule has 0 radical (unpaired) electrons. The van der Waals surface area contributed by atoms with Gasteiger partial charge in [0.05, 0.1) is 7.11 Å². The average molecular weight is 251 g/mol. The van der Waals surface area contributed by atoms with Gasteiger partial charge < -0.3 is 10.1 Å². The van der Waals surface area contributed by atoms with E-state index in [4.69, 9.17) is 4.74 Å². The first-order chi connectivity index (χ1) is 8.13. The number of hydrogen-bond acceptors (Lipinski definition) is 3. The van der Waals surface area contributed by atoms with Gasteiger partial charge in [-0.3, -0.25) is 0 Å². The highest BCUT2D eigenvalue weighted by atomic mass is 32.2. The third-order valence-corrected chi connectivity index (χ3v) is 3.46. The van der Waals surface area contributed by atoms with Crippen LogP contribution in [0.3, 0.4) is 0 Å². The van der Waals surface area contributed by atoms with Gasteiger partial charge in [-0.1, -0.05) is 38.1 Å². The number of benzene rings is 1. The van der Waals surface area contributed by atoms with Crippen molar-refractivity contribution in [3.8, 4) is 5.75 Å². The van der Waals surface area contributed by atoms with E-state index in [9.17, 15) is 0 Å². The molecule has 0 aliphatic rings. The quantitative estimate of drug-likeness (QED) is 0.593. The van der Waals surface area contributed by atoms with Crippen LogP contribution in [0.15, 0.2) is 41.3 Å². The van der Waals surface area contributed by atoms with E-state index in [0.717, 1.165) is 18.0 Å². The van der Waals surface area contributed by atoms with Crippen molar-refractivity contribution in [3.63, 3.8) is 0 Å². The molecule has 0 aromatic heterocycles. The van der Waals surface area contributed by atoms with Crippen molar-refractivity contribution in [1.29, 1.82) is 0 Å². The second-order valence-electron chi connectivity index (χ2n) is 4.23. The zero-order valence-corrected chi connectivity index (χ0v) is 11.6. The van der Waals surface area contributed by atoms with Crippen LogP contribution in [-0.4, -0.2) is 25.4 Å². The van der Waals surface area contributed by atoms with Crippen LogP contribution >= 0.6 is 11.8 Å². The van der Waals surface area contributed by atoms with Crippen LogP contribution in [0.4, 0.5) is 0 Å². The zero-order chi connectivity index (χ0) is 12.7. The summed E-state index contributed by atoms with van der Waals surface area (Å²) in [7, 11) is 1.70. The van der Waals surface area contributed by atoms with Crippen molar-refractivity contribution in [2.45, 2.75) is 24.8 Å². The predicted molar refractivity (Wildman–Crippen MR) is 76.0 cm³/mol. The molecule has 0 saturated heterocycles. The van der Waals surface area contributed by atoms with E-state index in [1.807, 2.05) is 18.2 Å². The van der Waals surface area contributed by atoms with Crippen molar-refractivity contribution < 1.29 is 4.74 Å². The number of hydrogen-bond donors (Lipinski definition) is 1. The fourth-order valence-corrected chi connectivity index (χ4v) is 2.25. The number of para-hydroxylation sites is 1. The normalized spacial score (nSPS) is 10.6. The largest absolute Gasteiger partial charge is 0.496 e. The van der Waals surface area contributed by atoms with Gasteiger partial charge in [-0.15, -0.1) is 11.8 Å². The minimum absolute atomic E-state index is 0.503. The van der Waals surface area contributed by atoms with Crippen molar-refractivity contribution in [1.82, 2.24) is 5.32 Å². The van der Waals surface area contributed by atoms with Crippen molar-refractivity contribution >= 4 is 11.8 Å². The van der Waals surface area contributed by atoms with Gasteiger partial charge in [0.15, 0.2) is 0 Å². The molecule has 0 bridgehead atoms. The van der Waals surface area contributed by atoms with Crippen LogP contribution in [0.25, 0.3) is 0 Å². The number of nitrogens with one attached hydrogen (secondary N) is 1. The summed E-state index contributed by atoms with van der Waals surface area (Å²) < 4.78 is 5.31. The molecule has 2 nitrogen and oxygen atoms in total. The van der Waals surface area contributed by atoms with Gasteiger partial charge >= 0.3 is 0 Å². The standard InChI is InChI=1S/C14H21NOS/c1-11(2)15-9-12(3)10-17-14-8-6-5-7-13(14)16-4/h5-8,11,15H,3,9-10H2,1-2,4H3. The Morgan fingerprint density at radius 1 is 1.41 bits per heavy atom. The highest BCUT2D eigenvalue weighted by Gasteiger charge is 2.03. The lowest BCUT2D eigenvalue weighted by Crippen LogP contribution is -2.25. The summed E-state index contributed by atoms with van der Waals surface area (Å²) in [6, 6.07) is 8.57. The number of ether oxygens (including phenoxy) is 1. The monoisotopic (exact) mass is 251 g/mol. The molecule has 1 aromatic rings. The molecule has 17 heavy (non-hydrogen) atoms. The van der Waals surface area contributed by atoms with E-state index in [1.54, 1.807) is 18.9 Å². The maximum absolute atomic E-state index is 5.31. The molecule has 0 aliphatic carbocycles. The van der Waals surface area contributed by atoms with E-state index in [0.29, 0.717) is 6.04 Å². The maximum atomic E-state index is 5.31. The molecule has 1 N–H and O–H groups in total. The van der Waals surface area contributed by atoms with Crippen molar-refractivity contribution in [2.75, 3.05) is 19.4 Å². The third kappa shape index (κ3) is 5.29. The summed E-state index contributed by atoms with van der Waals surface area (Å²) in [5.74, 6) is 1.85. The minimum Gasteiger partial charge on any atom is -0.496 e. The Balaban J connectivity index is 2.42. The van der Waals surface area contributed by atoms with Crippen molar-refractivity contribution in [3.05, 3.63) is 36.4 Å². The molecule has 3 heteroatoms. The SMILES string of the molecule is C=C(CNC(C)C)CSc1ccccc1OC. The summed E-state index contributed by atoms with van der Waals surface area (Å²) in [5.41, 5.74) is 1.20. The lowest BCUT2D eigenvalue weighted by atomic mass is 10.3. The molecule has 94 valence electrons. The summed E-state index contributed by atoms with van der Waals surface area (Å²) in [6.45, 7) is 9.23. The minimum atomic E-state index is 0.503. The van der Waals surface area contributed by atoms with Gasteiger partial charge in [-0.25, -0.2) is 0 Å². The summed E-state index contributed by atoms with van der Waals surface area (Å²) in [5, 5.41) is 3.37. The Morgan fingerprint density at radius 3 is 2.76 bits per heavy atom. The fourth-order valence-electron chi connectivity index (χ4n) is 1.32. The molecule has 0 fully saturated rings. The highest BCUT2D eigenvalue weighted by molar-refractivity contribution is 7.99. The molecule has 0 atom stereocenters. The van der Waals surface area contributed by atoms with Gasteiger partial charge in [0.25, 0.3) is 0 Å². The summed E-state index contributed by atoms with van der Waals surface area (Å²) in [6.07, 6.45) is 0. The van der Waals surface area contributed by atoms with Crippen LogP contribution in [0.2, 0.25) is 0 Å².